The highest BCUT2D eigenvalue weighted by Gasteiger charge is 1.96. The van der Waals surface area contributed by atoms with Gasteiger partial charge in [0.2, 0.25) is 0 Å². The topological polar surface area (TPSA) is 55.8 Å². The maximum Gasteiger partial charge on any atom is 0.341 e. The highest BCUT2D eigenvalue weighted by Crippen LogP contribution is 2.07. The summed E-state index contributed by atoms with van der Waals surface area (Å²) in [5.74, 6) is -0.385. The van der Waals surface area contributed by atoms with Gasteiger partial charge in [0.1, 0.15) is 5.75 Å². The van der Waals surface area contributed by atoms with Crippen LogP contribution in [-0.2, 0) is 9.53 Å². The van der Waals surface area contributed by atoms with Crippen molar-refractivity contribution in [1.82, 2.24) is 0 Å². The zero-order valence-electron chi connectivity index (χ0n) is 9.68. The molecule has 1 rings (SSSR count). The fraction of sp³-hybridized carbons (Fsp3) is 0.417. The Hall–Kier alpha value is -1.55. The fourth-order valence-electron chi connectivity index (χ4n) is 0.866. The molecule has 0 saturated carbocycles. The summed E-state index contributed by atoms with van der Waals surface area (Å²) in [6, 6.07) is 8.84. The van der Waals surface area contributed by atoms with E-state index in [0.717, 1.165) is 13.2 Å². The first-order valence-corrected chi connectivity index (χ1v) is 5.18. The summed E-state index contributed by atoms with van der Waals surface area (Å²) in [6.07, 6.45) is 0. The quantitative estimate of drug-likeness (QED) is 0.836. The predicted octanol–water partition coefficient (Wildman–Crippen LogP) is 2.19. The Balaban J connectivity index is 0.000000385. The van der Waals surface area contributed by atoms with E-state index in [2.05, 4.69) is 0 Å². The molecule has 0 aliphatic heterocycles. The van der Waals surface area contributed by atoms with Gasteiger partial charge in [0, 0.05) is 13.2 Å². The van der Waals surface area contributed by atoms with Crippen LogP contribution in [0.25, 0.3) is 0 Å². The van der Waals surface area contributed by atoms with Gasteiger partial charge in [-0.3, -0.25) is 0 Å². The van der Waals surface area contributed by atoms with Crippen molar-refractivity contribution < 1.29 is 19.4 Å². The summed E-state index contributed by atoms with van der Waals surface area (Å²) in [6.45, 7) is 5.38. The van der Waals surface area contributed by atoms with E-state index in [4.69, 9.17) is 14.6 Å². The van der Waals surface area contributed by atoms with Crippen LogP contribution in [0.15, 0.2) is 30.3 Å². The normalized spacial score (nSPS) is 8.88. The van der Waals surface area contributed by atoms with Gasteiger partial charge in [-0.2, -0.15) is 0 Å². The van der Waals surface area contributed by atoms with E-state index in [1.807, 2.05) is 19.9 Å². The van der Waals surface area contributed by atoms with Crippen LogP contribution in [0.2, 0.25) is 0 Å². The third-order valence-corrected chi connectivity index (χ3v) is 1.51. The van der Waals surface area contributed by atoms with Gasteiger partial charge < -0.3 is 14.6 Å². The average molecular weight is 226 g/mol. The molecule has 1 N–H and O–H groups in total. The number of benzene rings is 1. The lowest BCUT2D eigenvalue weighted by atomic mass is 10.3. The zero-order chi connectivity index (χ0) is 12.2. The van der Waals surface area contributed by atoms with Gasteiger partial charge in [-0.1, -0.05) is 18.2 Å². The number of hydrogen-bond donors (Lipinski definition) is 1. The molecule has 0 saturated heterocycles. The lowest BCUT2D eigenvalue weighted by Crippen LogP contribution is -2.09. The maximum absolute atomic E-state index is 10.0. The molecule has 0 unspecified atom stereocenters. The Morgan fingerprint density at radius 2 is 1.75 bits per heavy atom. The molecule has 0 spiro atoms. The van der Waals surface area contributed by atoms with Crippen LogP contribution in [-0.4, -0.2) is 30.9 Å². The van der Waals surface area contributed by atoms with Crippen molar-refractivity contribution in [3.63, 3.8) is 0 Å². The number of rotatable bonds is 5. The van der Waals surface area contributed by atoms with E-state index >= 15 is 0 Å². The molecule has 0 bridgehead atoms. The summed E-state index contributed by atoms with van der Waals surface area (Å²) in [5.41, 5.74) is 0. The molecular weight excluding hydrogens is 208 g/mol. The van der Waals surface area contributed by atoms with Crippen LogP contribution < -0.4 is 4.74 Å². The Labute approximate surface area is 95.8 Å². The SMILES string of the molecule is CCOCC.O=C(O)COc1ccccc1. The molecule has 0 aliphatic carbocycles. The number of ether oxygens (including phenoxy) is 2. The molecule has 4 heteroatoms. The van der Waals surface area contributed by atoms with E-state index in [0.29, 0.717) is 5.75 Å². The van der Waals surface area contributed by atoms with Gasteiger partial charge in [0.05, 0.1) is 0 Å². The van der Waals surface area contributed by atoms with Crippen LogP contribution in [0, 0.1) is 0 Å². The smallest absolute Gasteiger partial charge is 0.341 e. The molecule has 0 aliphatic rings. The monoisotopic (exact) mass is 226 g/mol. The summed E-state index contributed by atoms with van der Waals surface area (Å²) in [5, 5.41) is 8.25. The first-order chi connectivity index (χ1) is 7.70. The Morgan fingerprint density at radius 1 is 1.19 bits per heavy atom. The first kappa shape index (κ1) is 14.5. The molecule has 0 heterocycles. The fourth-order valence-corrected chi connectivity index (χ4v) is 0.866. The molecule has 90 valence electrons. The van der Waals surface area contributed by atoms with Crippen molar-refractivity contribution in [2.45, 2.75) is 13.8 Å². The third-order valence-electron chi connectivity index (χ3n) is 1.51. The highest BCUT2D eigenvalue weighted by molar-refractivity contribution is 5.68. The van der Waals surface area contributed by atoms with Crippen molar-refractivity contribution in [3.8, 4) is 5.75 Å². The minimum absolute atomic E-state index is 0.288. The van der Waals surface area contributed by atoms with E-state index in [-0.39, 0.29) is 6.61 Å². The van der Waals surface area contributed by atoms with Crippen molar-refractivity contribution in [2.24, 2.45) is 0 Å². The summed E-state index contributed by atoms with van der Waals surface area (Å²) < 4.78 is 9.70. The van der Waals surface area contributed by atoms with Crippen molar-refractivity contribution in [2.75, 3.05) is 19.8 Å². The van der Waals surface area contributed by atoms with Crippen molar-refractivity contribution in [3.05, 3.63) is 30.3 Å². The third kappa shape index (κ3) is 9.02. The maximum atomic E-state index is 10.0. The second kappa shape index (κ2) is 9.98. The number of carbonyl (C=O) groups is 1. The van der Waals surface area contributed by atoms with Crippen LogP contribution in [0.5, 0.6) is 5.75 Å². The molecule has 0 aromatic heterocycles. The van der Waals surface area contributed by atoms with Crippen LogP contribution in [0.1, 0.15) is 13.8 Å². The molecule has 0 radical (unpaired) electrons. The van der Waals surface area contributed by atoms with Crippen molar-refractivity contribution >= 4 is 5.97 Å². The first-order valence-electron chi connectivity index (χ1n) is 5.18. The summed E-state index contributed by atoms with van der Waals surface area (Å²) >= 11 is 0. The van der Waals surface area contributed by atoms with E-state index in [1.54, 1.807) is 24.3 Å². The highest BCUT2D eigenvalue weighted by atomic mass is 16.5. The Bertz CT molecular complexity index is 270. The van der Waals surface area contributed by atoms with Gasteiger partial charge in [0.15, 0.2) is 6.61 Å². The van der Waals surface area contributed by atoms with Crippen molar-refractivity contribution in [1.29, 1.82) is 0 Å². The molecule has 4 nitrogen and oxygen atoms in total. The second-order valence-electron chi connectivity index (χ2n) is 2.78. The van der Waals surface area contributed by atoms with Crippen LogP contribution >= 0.6 is 0 Å². The van der Waals surface area contributed by atoms with Gasteiger partial charge >= 0.3 is 5.97 Å². The van der Waals surface area contributed by atoms with Gasteiger partial charge in [-0.25, -0.2) is 4.79 Å². The van der Waals surface area contributed by atoms with E-state index in [9.17, 15) is 4.79 Å². The number of hydrogen-bond acceptors (Lipinski definition) is 3. The lowest BCUT2D eigenvalue weighted by molar-refractivity contribution is -0.139. The summed E-state index contributed by atoms with van der Waals surface area (Å²) in [4.78, 5) is 10.0. The van der Waals surface area contributed by atoms with E-state index < -0.39 is 5.97 Å². The Morgan fingerprint density at radius 3 is 2.12 bits per heavy atom. The standard InChI is InChI=1S/C8H8O3.C4H10O/c9-8(10)6-11-7-4-2-1-3-5-7;1-3-5-4-2/h1-5H,6H2,(H,9,10);3-4H2,1-2H3. The Kier molecular flexibility index (Phi) is 9.02. The van der Waals surface area contributed by atoms with Gasteiger partial charge in [0.25, 0.3) is 0 Å². The molecule has 1 aromatic carbocycles. The molecule has 16 heavy (non-hydrogen) atoms. The van der Waals surface area contributed by atoms with Gasteiger partial charge in [-0.15, -0.1) is 0 Å². The number of aliphatic carboxylic acids is 1. The molecule has 0 fully saturated rings. The molecular formula is C12H18O4. The number of para-hydroxylation sites is 1. The molecule has 1 aromatic rings. The predicted molar refractivity (Wildman–Crippen MR) is 61.7 cm³/mol. The second-order valence-corrected chi connectivity index (χ2v) is 2.78. The minimum Gasteiger partial charge on any atom is -0.482 e. The number of carboxylic acid groups (broad SMARTS) is 1. The molecule has 0 atom stereocenters. The minimum atomic E-state index is -0.964. The van der Waals surface area contributed by atoms with Crippen LogP contribution in [0.3, 0.4) is 0 Å². The number of carboxylic acids is 1. The van der Waals surface area contributed by atoms with Gasteiger partial charge in [-0.05, 0) is 26.0 Å². The van der Waals surface area contributed by atoms with Crippen LogP contribution in [0.4, 0.5) is 0 Å². The van der Waals surface area contributed by atoms with E-state index in [1.165, 1.54) is 0 Å². The summed E-state index contributed by atoms with van der Waals surface area (Å²) in [7, 11) is 0. The molecule has 0 amide bonds. The zero-order valence-corrected chi connectivity index (χ0v) is 9.68. The largest absolute Gasteiger partial charge is 0.482 e. The lowest BCUT2D eigenvalue weighted by Gasteiger charge is -2.00. The average Bonchev–Trinajstić information content (AvgIpc) is 2.30.